The Bertz CT molecular complexity index is 939. The number of hydrogen-bond acceptors (Lipinski definition) is 5. The second-order valence-corrected chi connectivity index (χ2v) is 10.1. The molecule has 0 bridgehead atoms. The number of nitrogens with zero attached hydrogens (tertiary/aromatic N) is 1. The molecule has 36 heavy (non-hydrogen) atoms. The quantitative estimate of drug-likeness (QED) is 0.253. The van der Waals surface area contributed by atoms with Crippen LogP contribution in [0.1, 0.15) is 63.5 Å². The highest BCUT2D eigenvalue weighted by molar-refractivity contribution is 6.02. The average Bonchev–Trinajstić information content (AvgIpc) is 3.13. The van der Waals surface area contributed by atoms with Gasteiger partial charge in [-0.1, -0.05) is 56.5 Å². The van der Waals surface area contributed by atoms with Crippen LogP contribution in [0, 0.1) is 37.5 Å². The molecule has 198 valence electrons. The van der Waals surface area contributed by atoms with E-state index in [4.69, 9.17) is 9.84 Å². The summed E-state index contributed by atoms with van der Waals surface area (Å²) in [6, 6.07) is 5.18. The highest BCUT2D eigenvalue weighted by Gasteiger charge is 2.57. The normalized spacial score (nSPS) is 25.1. The van der Waals surface area contributed by atoms with Crippen molar-refractivity contribution < 1.29 is 24.2 Å². The SMILES string of the molecule is CCC[C@@H]1C=C[C@H]2[C@H](C(=O)N(CCCCCCO)[C@@H]2C(=O)Nc2c(C)cccc2C)[C@@H]1C(=O)OCC. The van der Waals surface area contributed by atoms with Crippen molar-refractivity contribution in [2.75, 3.05) is 25.1 Å². The Balaban J connectivity index is 1.94. The first-order valence-corrected chi connectivity index (χ1v) is 13.5. The number of fused-ring (bicyclic) bond motifs is 1. The first-order valence-electron chi connectivity index (χ1n) is 13.5. The van der Waals surface area contributed by atoms with Gasteiger partial charge in [-0.15, -0.1) is 0 Å². The molecule has 0 unspecified atom stereocenters. The lowest BCUT2D eigenvalue weighted by molar-refractivity contribution is -0.155. The Morgan fingerprint density at radius 3 is 2.39 bits per heavy atom. The summed E-state index contributed by atoms with van der Waals surface area (Å²) in [7, 11) is 0. The molecule has 0 spiro atoms. The van der Waals surface area contributed by atoms with Crippen LogP contribution >= 0.6 is 0 Å². The molecule has 7 nitrogen and oxygen atoms in total. The van der Waals surface area contributed by atoms with Crippen molar-refractivity contribution in [3.8, 4) is 0 Å². The summed E-state index contributed by atoms with van der Waals surface area (Å²) in [5.41, 5.74) is 2.70. The second-order valence-electron chi connectivity index (χ2n) is 10.1. The van der Waals surface area contributed by atoms with E-state index in [9.17, 15) is 14.4 Å². The van der Waals surface area contributed by atoms with Crippen LogP contribution in [0.2, 0.25) is 0 Å². The number of hydrogen-bond donors (Lipinski definition) is 2. The second kappa shape index (κ2) is 13.0. The molecule has 5 atom stereocenters. The van der Waals surface area contributed by atoms with Crippen LogP contribution in [-0.2, 0) is 19.1 Å². The number of allylic oxidation sites excluding steroid dienone is 1. The molecule has 1 saturated heterocycles. The molecular formula is C29H42N2O5. The van der Waals surface area contributed by atoms with Crippen LogP contribution in [0.4, 0.5) is 5.69 Å². The topological polar surface area (TPSA) is 95.9 Å². The van der Waals surface area contributed by atoms with Crippen LogP contribution in [0.5, 0.6) is 0 Å². The number of rotatable bonds is 12. The molecule has 1 fully saturated rings. The van der Waals surface area contributed by atoms with Gasteiger partial charge in [0.25, 0.3) is 0 Å². The molecule has 1 aromatic rings. The maximum Gasteiger partial charge on any atom is 0.310 e. The number of ether oxygens (including phenoxy) is 1. The number of likely N-dealkylation sites (tertiary alicyclic amines) is 1. The molecule has 2 aliphatic rings. The van der Waals surface area contributed by atoms with Crippen molar-refractivity contribution >= 4 is 23.5 Å². The molecule has 1 aromatic carbocycles. The maximum atomic E-state index is 13.9. The molecule has 2 N–H and O–H groups in total. The lowest BCUT2D eigenvalue weighted by atomic mass is 9.69. The van der Waals surface area contributed by atoms with Crippen LogP contribution in [-0.4, -0.2) is 53.6 Å². The van der Waals surface area contributed by atoms with E-state index in [2.05, 4.69) is 12.2 Å². The van der Waals surface area contributed by atoms with Crippen molar-refractivity contribution in [3.63, 3.8) is 0 Å². The molecule has 3 rings (SSSR count). The first-order chi connectivity index (χ1) is 17.3. The zero-order chi connectivity index (χ0) is 26.2. The standard InChI is InChI=1S/C29H42N2O5/c1-5-12-21-15-16-22-24(23(21)29(35)36-6-2)28(34)31(17-9-7-8-10-18-32)26(22)27(33)30-25-19(3)13-11-14-20(25)4/h11,13-16,21-24,26,32H,5-10,12,17-18H2,1-4H3,(H,30,33)/t21-,22+,23-,24+,26+/m1/s1. The number of carbonyl (C=O) groups is 3. The van der Waals surface area contributed by atoms with E-state index in [1.807, 2.05) is 44.2 Å². The smallest absolute Gasteiger partial charge is 0.310 e. The summed E-state index contributed by atoms with van der Waals surface area (Å²) in [6.45, 7) is 8.61. The van der Waals surface area contributed by atoms with Gasteiger partial charge in [-0.05, 0) is 57.1 Å². The third-order valence-corrected chi connectivity index (χ3v) is 7.60. The van der Waals surface area contributed by atoms with Crippen molar-refractivity contribution in [3.05, 3.63) is 41.5 Å². The Hall–Kier alpha value is -2.67. The van der Waals surface area contributed by atoms with E-state index in [0.717, 1.165) is 55.3 Å². The number of aryl methyl sites for hydroxylation is 2. The third kappa shape index (κ3) is 6.00. The Morgan fingerprint density at radius 2 is 1.75 bits per heavy atom. The van der Waals surface area contributed by atoms with Gasteiger partial charge in [0.2, 0.25) is 11.8 Å². The zero-order valence-electron chi connectivity index (χ0n) is 22.2. The van der Waals surface area contributed by atoms with E-state index >= 15 is 0 Å². The summed E-state index contributed by atoms with van der Waals surface area (Å²) in [6.07, 6.45) is 8.91. The number of para-hydroxylation sites is 1. The first kappa shape index (κ1) is 27.9. The number of unbranched alkanes of at least 4 members (excludes halogenated alkanes) is 3. The summed E-state index contributed by atoms with van der Waals surface area (Å²) >= 11 is 0. The summed E-state index contributed by atoms with van der Waals surface area (Å²) in [5.74, 6) is -2.34. The van der Waals surface area contributed by atoms with Gasteiger partial charge < -0.3 is 20.1 Å². The van der Waals surface area contributed by atoms with E-state index < -0.39 is 17.9 Å². The van der Waals surface area contributed by atoms with Gasteiger partial charge in [-0.3, -0.25) is 14.4 Å². The predicted octanol–water partition coefficient (Wildman–Crippen LogP) is 4.40. The van der Waals surface area contributed by atoms with Crippen LogP contribution in [0.3, 0.4) is 0 Å². The van der Waals surface area contributed by atoms with Gasteiger partial charge in [0.05, 0.1) is 18.4 Å². The minimum atomic E-state index is -0.685. The zero-order valence-corrected chi connectivity index (χ0v) is 22.2. The predicted molar refractivity (Wildman–Crippen MR) is 140 cm³/mol. The van der Waals surface area contributed by atoms with Crippen LogP contribution < -0.4 is 5.32 Å². The van der Waals surface area contributed by atoms with E-state index in [1.54, 1.807) is 11.8 Å². The molecule has 1 aliphatic carbocycles. The number of aliphatic hydroxyl groups is 1. The van der Waals surface area contributed by atoms with Gasteiger partial charge in [-0.25, -0.2) is 0 Å². The van der Waals surface area contributed by atoms with Gasteiger partial charge in [-0.2, -0.15) is 0 Å². The van der Waals surface area contributed by atoms with E-state index in [1.165, 1.54) is 0 Å². The molecule has 0 radical (unpaired) electrons. The van der Waals surface area contributed by atoms with Crippen molar-refractivity contribution in [2.24, 2.45) is 23.7 Å². The molecule has 7 heteroatoms. The van der Waals surface area contributed by atoms with Gasteiger partial charge >= 0.3 is 5.97 Å². The molecular weight excluding hydrogens is 456 g/mol. The van der Waals surface area contributed by atoms with Crippen molar-refractivity contribution in [2.45, 2.75) is 72.3 Å². The average molecular weight is 499 g/mol. The molecule has 1 aliphatic heterocycles. The third-order valence-electron chi connectivity index (χ3n) is 7.60. The summed E-state index contributed by atoms with van der Waals surface area (Å²) in [5, 5.41) is 12.2. The van der Waals surface area contributed by atoms with Crippen molar-refractivity contribution in [1.29, 1.82) is 0 Å². The summed E-state index contributed by atoms with van der Waals surface area (Å²) in [4.78, 5) is 42.5. The Morgan fingerprint density at radius 1 is 1.06 bits per heavy atom. The van der Waals surface area contributed by atoms with Crippen molar-refractivity contribution in [1.82, 2.24) is 4.90 Å². The Labute approximate surface area is 215 Å². The number of esters is 1. The minimum Gasteiger partial charge on any atom is -0.466 e. The fraction of sp³-hybridized carbons (Fsp3) is 0.621. The Kier molecular flexibility index (Phi) is 10.1. The highest BCUT2D eigenvalue weighted by Crippen LogP contribution is 2.46. The number of benzene rings is 1. The van der Waals surface area contributed by atoms with Gasteiger partial charge in [0.15, 0.2) is 0 Å². The lowest BCUT2D eigenvalue weighted by Gasteiger charge is -2.33. The highest BCUT2D eigenvalue weighted by atomic mass is 16.5. The number of nitrogens with one attached hydrogen (secondary N) is 1. The van der Waals surface area contributed by atoms with E-state index in [0.29, 0.717) is 6.54 Å². The number of anilines is 1. The number of carbonyl (C=O) groups excluding carboxylic acids is 3. The lowest BCUT2D eigenvalue weighted by Crippen LogP contribution is -2.45. The monoisotopic (exact) mass is 498 g/mol. The van der Waals surface area contributed by atoms with Crippen LogP contribution in [0.25, 0.3) is 0 Å². The molecule has 0 saturated carbocycles. The largest absolute Gasteiger partial charge is 0.466 e. The molecule has 2 amide bonds. The number of aliphatic hydroxyl groups excluding tert-OH is 1. The number of amides is 2. The van der Waals surface area contributed by atoms with Crippen LogP contribution in [0.15, 0.2) is 30.4 Å². The van der Waals surface area contributed by atoms with E-state index in [-0.39, 0.29) is 42.8 Å². The van der Waals surface area contributed by atoms with Gasteiger partial charge in [0, 0.05) is 24.8 Å². The maximum absolute atomic E-state index is 13.9. The molecule has 1 heterocycles. The van der Waals surface area contributed by atoms with Gasteiger partial charge in [0.1, 0.15) is 6.04 Å². The summed E-state index contributed by atoms with van der Waals surface area (Å²) < 4.78 is 5.43. The fourth-order valence-electron chi connectivity index (χ4n) is 5.86. The molecule has 0 aromatic heterocycles. The fourth-order valence-corrected chi connectivity index (χ4v) is 5.86. The minimum absolute atomic E-state index is 0.0777.